The molecule has 0 bridgehead atoms. The third-order valence-electron chi connectivity index (χ3n) is 3.88. The molecule has 26 heavy (non-hydrogen) atoms. The Hall–Kier alpha value is -2.22. The highest BCUT2D eigenvalue weighted by Crippen LogP contribution is 2.25. The number of benzene rings is 2. The zero-order chi connectivity index (χ0) is 18.1. The zero-order valence-corrected chi connectivity index (χ0v) is 16.1. The van der Waals surface area contributed by atoms with Crippen LogP contribution in [-0.4, -0.2) is 26.1 Å². The fourth-order valence-electron chi connectivity index (χ4n) is 2.50. The number of thioether (sulfide) groups is 1. The Labute approximate surface area is 162 Å². The fourth-order valence-corrected chi connectivity index (χ4v) is 3.88. The Kier molecular flexibility index (Phi) is 4.76. The van der Waals surface area contributed by atoms with Crippen molar-refractivity contribution in [3.05, 3.63) is 75.2 Å². The second-order valence-corrected chi connectivity index (χ2v) is 7.86. The van der Waals surface area contributed by atoms with Gasteiger partial charge in [0.25, 0.3) is 5.56 Å². The van der Waals surface area contributed by atoms with E-state index in [1.54, 1.807) is 23.9 Å². The van der Waals surface area contributed by atoms with Gasteiger partial charge in [-0.15, -0.1) is 22.0 Å². The predicted octanol–water partition coefficient (Wildman–Crippen LogP) is 4.18. The lowest BCUT2D eigenvalue weighted by Gasteiger charge is -2.01. The molecule has 0 aliphatic heterocycles. The summed E-state index contributed by atoms with van der Waals surface area (Å²) < 4.78 is 1.33. The van der Waals surface area contributed by atoms with E-state index in [2.05, 4.69) is 15.3 Å². The number of nitrogens with zero attached hydrogens (tertiary/aromatic N) is 4. The lowest BCUT2D eigenvalue weighted by Crippen LogP contribution is -2.22. The van der Waals surface area contributed by atoms with E-state index in [1.807, 2.05) is 42.7 Å². The van der Waals surface area contributed by atoms with Crippen LogP contribution in [0.3, 0.4) is 0 Å². The fraction of sp³-hybridized carbons (Fsp3) is 0.111. The highest BCUT2D eigenvalue weighted by molar-refractivity contribution is 7.98. The van der Waals surface area contributed by atoms with Gasteiger partial charge in [0.2, 0.25) is 4.96 Å². The maximum Gasteiger partial charge on any atom is 0.297 e. The summed E-state index contributed by atoms with van der Waals surface area (Å²) >= 11 is 8.93. The van der Waals surface area contributed by atoms with Crippen LogP contribution in [-0.2, 0) is 6.42 Å². The quantitative estimate of drug-likeness (QED) is 0.481. The van der Waals surface area contributed by atoms with Crippen molar-refractivity contribution in [3.63, 3.8) is 0 Å². The summed E-state index contributed by atoms with van der Waals surface area (Å²) in [6.07, 6.45) is 2.46. The van der Waals surface area contributed by atoms with Gasteiger partial charge in [0.1, 0.15) is 10.7 Å². The van der Waals surface area contributed by atoms with Crippen LogP contribution >= 0.6 is 34.7 Å². The van der Waals surface area contributed by atoms with Gasteiger partial charge in [-0.2, -0.15) is 9.61 Å². The Bertz CT molecular complexity index is 1120. The maximum absolute atomic E-state index is 12.7. The third-order valence-corrected chi connectivity index (χ3v) is 5.82. The van der Waals surface area contributed by atoms with E-state index in [1.165, 1.54) is 20.7 Å². The van der Waals surface area contributed by atoms with Gasteiger partial charge in [0.05, 0.1) is 0 Å². The third kappa shape index (κ3) is 3.38. The molecule has 0 saturated heterocycles. The molecular weight excluding hydrogens is 388 g/mol. The van der Waals surface area contributed by atoms with Gasteiger partial charge in [-0.1, -0.05) is 47.2 Å². The molecule has 4 rings (SSSR count). The molecule has 5 nitrogen and oxygen atoms in total. The molecule has 0 radical (unpaired) electrons. The number of rotatable bonds is 4. The summed E-state index contributed by atoms with van der Waals surface area (Å²) in [5.41, 5.74) is 2.05. The first-order chi connectivity index (χ1) is 12.6. The van der Waals surface area contributed by atoms with Crippen molar-refractivity contribution in [2.45, 2.75) is 11.3 Å². The molecule has 8 heteroatoms. The minimum absolute atomic E-state index is 0.236. The summed E-state index contributed by atoms with van der Waals surface area (Å²) in [5, 5.41) is 14.1. The molecule has 2 heterocycles. The molecule has 130 valence electrons. The van der Waals surface area contributed by atoms with Crippen molar-refractivity contribution in [2.24, 2.45) is 0 Å². The summed E-state index contributed by atoms with van der Waals surface area (Å²) in [7, 11) is 0. The molecule has 0 aliphatic rings. The molecule has 0 spiro atoms. The van der Waals surface area contributed by atoms with Crippen molar-refractivity contribution in [2.75, 3.05) is 6.26 Å². The van der Waals surface area contributed by atoms with Crippen LogP contribution in [0.4, 0.5) is 0 Å². The summed E-state index contributed by atoms with van der Waals surface area (Å²) in [5.74, 6) is 0. The molecule has 0 amide bonds. The van der Waals surface area contributed by atoms with Crippen LogP contribution in [0.2, 0.25) is 5.02 Å². The van der Waals surface area contributed by atoms with Gasteiger partial charge in [-0.3, -0.25) is 4.79 Å². The first kappa shape index (κ1) is 17.2. The van der Waals surface area contributed by atoms with Gasteiger partial charge in [-0.05, 0) is 36.1 Å². The van der Waals surface area contributed by atoms with Gasteiger partial charge in [0.15, 0.2) is 0 Å². The minimum atomic E-state index is -0.236. The van der Waals surface area contributed by atoms with E-state index in [-0.39, 0.29) is 5.56 Å². The van der Waals surface area contributed by atoms with Crippen LogP contribution in [0.15, 0.2) is 58.2 Å². The average molecular weight is 401 g/mol. The molecule has 0 unspecified atom stereocenters. The highest BCUT2D eigenvalue weighted by atomic mass is 35.5. The number of fused-ring (bicyclic) bond motifs is 1. The Morgan fingerprint density at radius 1 is 1.08 bits per heavy atom. The Morgan fingerprint density at radius 3 is 2.50 bits per heavy atom. The van der Waals surface area contributed by atoms with E-state index in [0.717, 1.165) is 11.1 Å². The van der Waals surface area contributed by atoms with Crippen LogP contribution in [0.5, 0.6) is 0 Å². The number of halogens is 1. The van der Waals surface area contributed by atoms with E-state index in [9.17, 15) is 4.79 Å². The smallest absolute Gasteiger partial charge is 0.265 e. The monoisotopic (exact) mass is 400 g/mol. The van der Waals surface area contributed by atoms with Crippen molar-refractivity contribution in [1.82, 2.24) is 19.8 Å². The first-order valence-corrected chi connectivity index (χ1v) is 10.2. The Morgan fingerprint density at radius 2 is 1.81 bits per heavy atom. The molecule has 0 fully saturated rings. The van der Waals surface area contributed by atoms with Gasteiger partial charge < -0.3 is 0 Å². The predicted molar refractivity (Wildman–Crippen MR) is 106 cm³/mol. The second kappa shape index (κ2) is 7.19. The number of aromatic nitrogens is 4. The van der Waals surface area contributed by atoms with E-state index in [0.29, 0.717) is 27.1 Å². The van der Waals surface area contributed by atoms with Gasteiger partial charge in [-0.25, -0.2) is 0 Å². The van der Waals surface area contributed by atoms with E-state index in [4.69, 9.17) is 11.6 Å². The van der Waals surface area contributed by atoms with Crippen LogP contribution in [0.1, 0.15) is 11.3 Å². The summed E-state index contributed by atoms with van der Waals surface area (Å²) in [4.78, 5) is 14.4. The topological polar surface area (TPSA) is 60.1 Å². The number of hydrogen-bond donors (Lipinski definition) is 0. The van der Waals surface area contributed by atoms with Crippen LogP contribution in [0, 0.1) is 0 Å². The average Bonchev–Trinajstić information content (AvgIpc) is 3.10. The maximum atomic E-state index is 12.7. The molecule has 4 aromatic rings. The van der Waals surface area contributed by atoms with Crippen molar-refractivity contribution < 1.29 is 0 Å². The lowest BCUT2D eigenvalue weighted by atomic mass is 10.1. The second-order valence-electron chi connectivity index (χ2n) is 5.59. The summed E-state index contributed by atoms with van der Waals surface area (Å²) in [6.45, 7) is 0. The van der Waals surface area contributed by atoms with E-state index >= 15 is 0 Å². The molecule has 0 N–H and O–H groups in total. The highest BCUT2D eigenvalue weighted by Gasteiger charge is 2.13. The minimum Gasteiger partial charge on any atom is -0.265 e. The normalized spacial score (nSPS) is 11.2. The summed E-state index contributed by atoms with van der Waals surface area (Å²) in [6, 6.07) is 15.4. The van der Waals surface area contributed by atoms with Crippen LogP contribution in [0.25, 0.3) is 15.5 Å². The standard InChI is InChI=1S/C18H13ClN4OS2/c1-25-14-8-2-11(3-9-14)10-15-17(24)23-18(21-20-15)26-16(22-23)12-4-6-13(19)7-5-12/h2-9H,10H2,1H3. The molecule has 2 aromatic heterocycles. The lowest BCUT2D eigenvalue weighted by molar-refractivity contribution is 0.810. The largest absolute Gasteiger partial charge is 0.297 e. The molecule has 2 aromatic carbocycles. The number of hydrogen-bond acceptors (Lipinski definition) is 6. The molecule has 0 atom stereocenters. The first-order valence-electron chi connectivity index (χ1n) is 7.78. The molecular formula is C18H13ClN4OS2. The van der Waals surface area contributed by atoms with Crippen molar-refractivity contribution in [1.29, 1.82) is 0 Å². The Balaban J connectivity index is 1.70. The van der Waals surface area contributed by atoms with Gasteiger partial charge in [0, 0.05) is 21.9 Å². The van der Waals surface area contributed by atoms with Gasteiger partial charge >= 0.3 is 0 Å². The van der Waals surface area contributed by atoms with Crippen molar-refractivity contribution in [3.8, 4) is 10.6 Å². The SMILES string of the molecule is CSc1ccc(Cc2nnc3sc(-c4ccc(Cl)cc4)nn3c2=O)cc1. The molecule has 0 saturated carbocycles. The van der Waals surface area contributed by atoms with Crippen molar-refractivity contribution >= 4 is 39.7 Å². The molecule has 0 aliphatic carbocycles. The van der Waals surface area contributed by atoms with Crippen LogP contribution < -0.4 is 5.56 Å². The zero-order valence-electron chi connectivity index (χ0n) is 13.7. The van der Waals surface area contributed by atoms with E-state index < -0.39 is 0 Å².